The van der Waals surface area contributed by atoms with Crippen molar-refractivity contribution in [3.05, 3.63) is 17.5 Å². The number of carbonyl (C=O) groups is 2. The summed E-state index contributed by atoms with van der Waals surface area (Å²) in [7, 11) is 0. The first-order valence-corrected chi connectivity index (χ1v) is 10.4. The number of nitrogens with two attached hydrogens (primary N) is 1. The fraction of sp³-hybridized carbons (Fsp3) is 0.700. The lowest BCUT2D eigenvalue weighted by atomic mass is 9.93. The van der Waals surface area contributed by atoms with Crippen molar-refractivity contribution < 1.29 is 14.7 Å². The minimum Gasteiger partial charge on any atom is -0.388 e. The number of nitrogen functional groups attached to an aromatic ring is 1. The molecule has 4 N–H and O–H groups in total. The Labute approximate surface area is 171 Å². The molecule has 1 atom stereocenters. The number of aromatic nitrogens is 2. The van der Waals surface area contributed by atoms with Crippen LogP contribution < -0.4 is 11.1 Å². The quantitative estimate of drug-likeness (QED) is 0.660. The van der Waals surface area contributed by atoms with Gasteiger partial charge in [-0.3, -0.25) is 9.59 Å². The van der Waals surface area contributed by atoms with Crippen LogP contribution in [0.2, 0.25) is 0 Å². The summed E-state index contributed by atoms with van der Waals surface area (Å²) < 4.78 is 0. The van der Waals surface area contributed by atoms with Gasteiger partial charge in [0.05, 0.1) is 5.60 Å². The second kappa shape index (κ2) is 9.04. The van der Waals surface area contributed by atoms with Crippen molar-refractivity contribution in [2.45, 2.75) is 57.6 Å². The second-order valence-electron chi connectivity index (χ2n) is 8.37. The Kier molecular flexibility index (Phi) is 6.69. The van der Waals surface area contributed by atoms with E-state index in [9.17, 15) is 14.7 Å². The van der Waals surface area contributed by atoms with Crippen molar-refractivity contribution >= 4 is 17.8 Å². The number of nitrogens with zero attached hydrogens (tertiary/aromatic N) is 4. The molecule has 0 aliphatic carbocycles. The van der Waals surface area contributed by atoms with Gasteiger partial charge in [0.15, 0.2) is 0 Å². The van der Waals surface area contributed by atoms with Gasteiger partial charge in [-0.05, 0) is 45.1 Å². The molecule has 2 fully saturated rings. The third-order valence-corrected chi connectivity index (χ3v) is 5.81. The largest absolute Gasteiger partial charge is 0.388 e. The van der Waals surface area contributed by atoms with Crippen LogP contribution in [0.1, 0.15) is 55.2 Å². The van der Waals surface area contributed by atoms with Gasteiger partial charge in [0.2, 0.25) is 11.9 Å². The molecule has 9 nitrogen and oxygen atoms in total. The molecule has 2 aliphatic rings. The summed E-state index contributed by atoms with van der Waals surface area (Å²) in [6.07, 6.45) is 3.73. The highest BCUT2D eigenvalue weighted by atomic mass is 16.3. The van der Waals surface area contributed by atoms with Crippen LogP contribution in [0.4, 0.5) is 5.95 Å². The molecule has 0 spiro atoms. The van der Waals surface area contributed by atoms with Crippen LogP contribution in [0.3, 0.4) is 0 Å². The molecule has 1 aromatic rings. The summed E-state index contributed by atoms with van der Waals surface area (Å²) in [6.45, 7) is 6.72. The van der Waals surface area contributed by atoms with Gasteiger partial charge in [0.25, 0.3) is 5.91 Å². The van der Waals surface area contributed by atoms with E-state index in [1.165, 1.54) is 0 Å². The highest BCUT2D eigenvalue weighted by Crippen LogP contribution is 2.26. The number of likely N-dealkylation sites (tertiary alicyclic amines) is 2. The van der Waals surface area contributed by atoms with Crippen LogP contribution in [-0.2, 0) is 4.79 Å². The number of aliphatic hydroxyl groups is 1. The molecule has 29 heavy (non-hydrogen) atoms. The summed E-state index contributed by atoms with van der Waals surface area (Å²) in [4.78, 5) is 36.2. The fourth-order valence-electron chi connectivity index (χ4n) is 4.34. The lowest BCUT2D eigenvalue weighted by molar-refractivity contribution is -0.120. The molecular weight excluding hydrogens is 372 g/mol. The van der Waals surface area contributed by atoms with Gasteiger partial charge in [-0.2, -0.15) is 0 Å². The highest BCUT2D eigenvalue weighted by molar-refractivity contribution is 5.92. The zero-order valence-corrected chi connectivity index (χ0v) is 17.4. The maximum absolute atomic E-state index is 12.8. The summed E-state index contributed by atoms with van der Waals surface area (Å²) in [5.74, 6) is -0.0545. The molecule has 3 rings (SSSR count). The van der Waals surface area contributed by atoms with Gasteiger partial charge in [-0.15, -0.1) is 0 Å². The van der Waals surface area contributed by atoms with E-state index in [1.54, 1.807) is 24.8 Å². The Hall–Kier alpha value is -2.26. The van der Waals surface area contributed by atoms with Crippen molar-refractivity contribution in [2.24, 2.45) is 0 Å². The van der Waals surface area contributed by atoms with Gasteiger partial charge >= 0.3 is 0 Å². The predicted octanol–water partition coefficient (Wildman–Crippen LogP) is 0.325. The number of aryl methyl sites for hydroxylation is 1. The van der Waals surface area contributed by atoms with Gasteiger partial charge in [-0.25, -0.2) is 9.97 Å². The Morgan fingerprint density at radius 1 is 1.24 bits per heavy atom. The van der Waals surface area contributed by atoms with Gasteiger partial charge in [0, 0.05) is 51.4 Å². The van der Waals surface area contributed by atoms with Crippen LogP contribution in [-0.4, -0.2) is 81.1 Å². The van der Waals surface area contributed by atoms with Crippen LogP contribution in [0.25, 0.3) is 0 Å². The maximum atomic E-state index is 12.8. The number of hydrogen-bond donors (Lipinski definition) is 3. The average Bonchev–Trinajstić information content (AvgIpc) is 2.83. The van der Waals surface area contributed by atoms with Crippen LogP contribution in [0, 0.1) is 6.92 Å². The Morgan fingerprint density at radius 3 is 2.62 bits per heavy atom. The SMILES string of the molecule is CC(=O)NC1CCN(C[C@@]2(O)CCCN(C(=O)c3cc(C)nc(N)n3)CC2)CC1. The zero-order chi connectivity index (χ0) is 21.0. The summed E-state index contributed by atoms with van der Waals surface area (Å²) >= 11 is 0. The zero-order valence-electron chi connectivity index (χ0n) is 17.4. The standard InChI is InChI=1S/C20H32N6O3/c1-14-12-17(24-19(21)22-14)18(28)26-8-3-6-20(29,7-11-26)13-25-9-4-16(5-10-25)23-15(2)27/h12,16,29H,3-11,13H2,1-2H3,(H,23,27)(H2,21,22,24)/t20-/m1/s1. The molecule has 0 saturated carbocycles. The fourth-order valence-corrected chi connectivity index (χ4v) is 4.34. The smallest absolute Gasteiger partial charge is 0.272 e. The minimum atomic E-state index is -0.809. The molecule has 9 heteroatoms. The molecule has 160 valence electrons. The predicted molar refractivity (Wildman–Crippen MR) is 109 cm³/mol. The van der Waals surface area contributed by atoms with Crippen molar-refractivity contribution in [1.29, 1.82) is 0 Å². The van der Waals surface area contributed by atoms with Gasteiger partial charge in [-0.1, -0.05) is 0 Å². The first-order chi connectivity index (χ1) is 13.7. The van der Waals surface area contributed by atoms with Crippen LogP contribution in [0.15, 0.2) is 6.07 Å². The van der Waals surface area contributed by atoms with E-state index >= 15 is 0 Å². The van der Waals surface area contributed by atoms with Gasteiger partial charge in [0.1, 0.15) is 5.69 Å². The van der Waals surface area contributed by atoms with E-state index < -0.39 is 5.60 Å². The van der Waals surface area contributed by atoms with E-state index in [1.807, 2.05) is 0 Å². The number of piperidine rings is 1. The number of amides is 2. The highest BCUT2D eigenvalue weighted by Gasteiger charge is 2.35. The number of β-amino-alcohol motifs (C(OH)–C–C–N with tert-alkyl or cyclic N) is 1. The molecule has 2 aliphatic heterocycles. The minimum absolute atomic E-state index is 0.0104. The molecule has 3 heterocycles. The third kappa shape index (κ3) is 5.86. The van der Waals surface area contributed by atoms with Gasteiger partial charge < -0.3 is 26.0 Å². The lowest BCUT2D eigenvalue weighted by Crippen LogP contribution is -2.50. The summed E-state index contributed by atoms with van der Waals surface area (Å²) in [5.41, 5.74) is 5.84. The summed E-state index contributed by atoms with van der Waals surface area (Å²) in [6, 6.07) is 1.87. The Balaban J connectivity index is 1.55. The van der Waals surface area contributed by atoms with E-state index in [4.69, 9.17) is 5.73 Å². The molecule has 0 bridgehead atoms. The van der Waals surface area contributed by atoms with E-state index in [0.29, 0.717) is 43.9 Å². The molecule has 2 amide bonds. The molecular formula is C20H32N6O3. The van der Waals surface area contributed by atoms with Crippen molar-refractivity contribution in [3.8, 4) is 0 Å². The lowest BCUT2D eigenvalue weighted by Gasteiger charge is -2.38. The monoisotopic (exact) mass is 404 g/mol. The van der Waals surface area contributed by atoms with Crippen molar-refractivity contribution in [1.82, 2.24) is 25.1 Å². The molecule has 2 saturated heterocycles. The number of carbonyl (C=O) groups excluding carboxylic acids is 2. The van der Waals surface area contributed by atoms with Crippen LogP contribution in [0.5, 0.6) is 0 Å². The normalized spacial score (nSPS) is 24.2. The first kappa shape index (κ1) is 21.4. The molecule has 0 aromatic carbocycles. The number of nitrogens with one attached hydrogen (secondary N) is 1. The van der Waals surface area contributed by atoms with Crippen LogP contribution >= 0.6 is 0 Å². The Bertz CT molecular complexity index is 729. The third-order valence-electron chi connectivity index (χ3n) is 5.81. The second-order valence-corrected chi connectivity index (χ2v) is 8.37. The van der Waals surface area contributed by atoms with E-state index in [0.717, 1.165) is 32.4 Å². The average molecular weight is 405 g/mol. The summed E-state index contributed by atoms with van der Waals surface area (Å²) in [5, 5.41) is 14.2. The first-order valence-electron chi connectivity index (χ1n) is 10.4. The van der Waals surface area contributed by atoms with Crippen molar-refractivity contribution in [3.63, 3.8) is 0 Å². The molecule has 0 unspecified atom stereocenters. The van der Waals surface area contributed by atoms with E-state index in [2.05, 4.69) is 20.2 Å². The number of anilines is 1. The maximum Gasteiger partial charge on any atom is 0.272 e. The Morgan fingerprint density at radius 2 is 1.97 bits per heavy atom. The van der Waals surface area contributed by atoms with E-state index in [-0.39, 0.29) is 23.8 Å². The number of rotatable bonds is 4. The van der Waals surface area contributed by atoms with Crippen molar-refractivity contribution in [2.75, 3.05) is 38.5 Å². The topological polar surface area (TPSA) is 125 Å². The molecule has 1 aromatic heterocycles. The molecule has 0 radical (unpaired) electrons. The number of hydrogen-bond acceptors (Lipinski definition) is 7.